The minimum atomic E-state index is -3.85. The van der Waals surface area contributed by atoms with E-state index < -0.39 is 22.5 Å². The molecule has 8 nitrogen and oxygen atoms in total. The molecule has 0 radical (unpaired) electrons. The number of amides is 2. The minimum Gasteiger partial charge on any atom is -0.376 e. The van der Waals surface area contributed by atoms with Crippen molar-refractivity contribution in [2.45, 2.75) is 30.4 Å². The van der Waals surface area contributed by atoms with E-state index in [0.29, 0.717) is 18.2 Å². The lowest BCUT2D eigenvalue weighted by Gasteiger charge is -2.23. The molecule has 0 bridgehead atoms. The number of benzene rings is 2. The monoisotopic (exact) mass is 479 g/mol. The van der Waals surface area contributed by atoms with Gasteiger partial charge in [-0.2, -0.15) is 0 Å². The lowest BCUT2D eigenvalue weighted by Crippen LogP contribution is -2.45. The SMILES string of the molecule is O=C(CN(Cc1ccc(Cl)cc1)C(=O)CNS(=O)(=O)c1ccccc1)NC[C@H]1CCCO1. The molecule has 1 aliphatic rings. The maximum atomic E-state index is 12.9. The Morgan fingerprint density at radius 2 is 1.81 bits per heavy atom. The van der Waals surface area contributed by atoms with Crippen molar-refractivity contribution in [2.24, 2.45) is 0 Å². The van der Waals surface area contributed by atoms with E-state index in [4.69, 9.17) is 16.3 Å². The van der Waals surface area contributed by atoms with E-state index >= 15 is 0 Å². The van der Waals surface area contributed by atoms with Gasteiger partial charge in [-0.25, -0.2) is 13.1 Å². The standard InChI is InChI=1S/C22H26ClN3O5S/c23-18-10-8-17(9-11-18)15-26(16-21(27)24-13-19-5-4-12-31-19)22(28)14-25-32(29,30)20-6-2-1-3-7-20/h1-3,6-11,19,25H,4-5,12-16H2,(H,24,27)/t19-/m1/s1. The largest absolute Gasteiger partial charge is 0.376 e. The number of hydrogen-bond acceptors (Lipinski definition) is 5. The van der Waals surface area contributed by atoms with Crippen molar-refractivity contribution in [1.29, 1.82) is 0 Å². The van der Waals surface area contributed by atoms with Gasteiger partial charge in [0.2, 0.25) is 21.8 Å². The van der Waals surface area contributed by atoms with Crippen LogP contribution in [0, 0.1) is 0 Å². The lowest BCUT2D eigenvalue weighted by atomic mass is 10.2. The quantitative estimate of drug-likeness (QED) is 0.542. The van der Waals surface area contributed by atoms with Crippen LogP contribution in [0.25, 0.3) is 0 Å². The summed E-state index contributed by atoms with van der Waals surface area (Å²) in [6.07, 6.45) is 1.83. The number of ether oxygens (including phenoxy) is 1. The molecule has 0 unspecified atom stereocenters. The van der Waals surface area contributed by atoms with Gasteiger partial charge in [0.15, 0.2) is 0 Å². The summed E-state index contributed by atoms with van der Waals surface area (Å²) in [6, 6.07) is 14.7. The molecule has 0 aliphatic carbocycles. The highest BCUT2D eigenvalue weighted by atomic mass is 35.5. The van der Waals surface area contributed by atoms with Crippen LogP contribution in [0.5, 0.6) is 0 Å². The zero-order chi connectivity index (χ0) is 23.0. The van der Waals surface area contributed by atoms with E-state index in [1.165, 1.54) is 17.0 Å². The summed E-state index contributed by atoms with van der Waals surface area (Å²) >= 11 is 5.92. The Morgan fingerprint density at radius 3 is 2.47 bits per heavy atom. The second-order valence-electron chi connectivity index (χ2n) is 7.45. The van der Waals surface area contributed by atoms with Gasteiger partial charge in [0.25, 0.3) is 0 Å². The number of halogens is 1. The first kappa shape index (κ1) is 24.2. The van der Waals surface area contributed by atoms with Gasteiger partial charge < -0.3 is 15.0 Å². The van der Waals surface area contributed by atoms with Gasteiger partial charge >= 0.3 is 0 Å². The van der Waals surface area contributed by atoms with Gasteiger partial charge in [-0.3, -0.25) is 9.59 Å². The first-order valence-electron chi connectivity index (χ1n) is 10.3. The molecule has 3 rings (SSSR count). The van der Waals surface area contributed by atoms with Crippen LogP contribution in [0.1, 0.15) is 18.4 Å². The number of carbonyl (C=O) groups excluding carboxylic acids is 2. The van der Waals surface area contributed by atoms with Gasteiger partial charge in [0, 0.05) is 24.7 Å². The summed E-state index contributed by atoms with van der Waals surface area (Å²) in [4.78, 5) is 26.7. The number of carbonyl (C=O) groups is 2. The predicted octanol–water partition coefficient (Wildman–Crippen LogP) is 1.94. The van der Waals surface area contributed by atoms with Gasteiger partial charge in [0.1, 0.15) is 0 Å². The summed E-state index contributed by atoms with van der Waals surface area (Å²) in [7, 11) is -3.85. The molecule has 0 aromatic heterocycles. The Labute approximate surface area is 192 Å². The Kier molecular flexibility index (Phi) is 8.63. The van der Waals surface area contributed by atoms with Crippen LogP contribution in [0.15, 0.2) is 59.5 Å². The number of nitrogens with one attached hydrogen (secondary N) is 2. The van der Waals surface area contributed by atoms with E-state index in [2.05, 4.69) is 10.0 Å². The van der Waals surface area contributed by atoms with E-state index in [-0.39, 0.29) is 30.0 Å². The van der Waals surface area contributed by atoms with Crippen LogP contribution in [0.2, 0.25) is 5.02 Å². The fraction of sp³-hybridized carbons (Fsp3) is 0.364. The van der Waals surface area contributed by atoms with Crippen LogP contribution in [-0.2, 0) is 30.9 Å². The molecule has 2 amide bonds. The molecule has 0 spiro atoms. The molecule has 2 aromatic rings. The summed E-state index contributed by atoms with van der Waals surface area (Å²) in [5, 5.41) is 3.34. The number of hydrogen-bond donors (Lipinski definition) is 2. The average molecular weight is 480 g/mol. The second-order valence-corrected chi connectivity index (χ2v) is 9.66. The van der Waals surface area contributed by atoms with Crippen molar-refractivity contribution in [3.8, 4) is 0 Å². The highest BCUT2D eigenvalue weighted by molar-refractivity contribution is 7.89. The molecule has 1 atom stereocenters. The highest BCUT2D eigenvalue weighted by Gasteiger charge is 2.22. The summed E-state index contributed by atoms with van der Waals surface area (Å²) < 4.78 is 32.7. The smallest absolute Gasteiger partial charge is 0.241 e. The van der Waals surface area contributed by atoms with Crippen LogP contribution in [0.3, 0.4) is 0 Å². The maximum absolute atomic E-state index is 12.9. The predicted molar refractivity (Wildman–Crippen MR) is 120 cm³/mol. The van der Waals surface area contributed by atoms with Crippen molar-refractivity contribution in [3.63, 3.8) is 0 Å². The third kappa shape index (κ3) is 7.30. The Morgan fingerprint density at radius 1 is 1.09 bits per heavy atom. The number of rotatable bonds is 10. The first-order valence-corrected chi connectivity index (χ1v) is 12.1. The Bertz CT molecular complexity index is 1010. The number of sulfonamides is 1. The van der Waals surface area contributed by atoms with Crippen molar-refractivity contribution in [1.82, 2.24) is 14.9 Å². The fourth-order valence-electron chi connectivity index (χ4n) is 3.26. The van der Waals surface area contributed by atoms with Crippen molar-refractivity contribution >= 4 is 33.4 Å². The summed E-state index contributed by atoms with van der Waals surface area (Å²) in [6.45, 7) is 0.521. The average Bonchev–Trinajstić information content (AvgIpc) is 3.31. The third-order valence-electron chi connectivity index (χ3n) is 4.99. The van der Waals surface area contributed by atoms with Gasteiger partial charge in [-0.15, -0.1) is 0 Å². The van der Waals surface area contributed by atoms with Crippen molar-refractivity contribution in [3.05, 3.63) is 65.2 Å². The Hall–Kier alpha value is -2.46. The molecule has 32 heavy (non-hydrogen) atoms. The molecule has 1 aliphatic heterocycles. The molecule has 1 fully saturated rings. The Balaban J connectivity index is 1.63. The van der Waals surface area contributed by atoms with Crippen molar-refractivity contribution < 1.29 is 22.7 Å². The zero-order valence-corrected chi connectivity index (χ0v) is 19.1. The van der Waals surface area contributed by atoms with Crippen LogP contribution < -0.4 is 10.0 Å². The first-order chi connectivity index (χ1) is 15.3. The highest BCUT2D eigenvalue weighted by Crippen LogP contribution is 2.13. The molecule has 172 valence electrons. The van der Waals surface area contributed by atoms with Gasteiger partial charge in [0.05, 0.1) is 24.1 Å². The molecule has 1 saturated heterocycles. The molecule has 0 saturated carbocycles. The molecular formula is C22H26ClN3O5S. The second kappa shape index (κ2) is 11.4. The van der Waals surface area contributed by atoms with Crippen molar-refractivity contribution in [2.75, 3.05) is 26.2 Å². The lowest BCUT2D eigenvalue weighted by molar-refractivity contribution is -0.135. The van der Waals surface area contributed by atoms with Crippen LogP contribution in [-0.4, -0.2) is 57.5 Å². The molecule has 2 N–H and O–H groups in total. The molecule has 10 heteroatoms. The van der Waals surface area contributed by atoms with E-state index in [0.717, 1.165) is 18.4 Å². The third-order valence-corrected chi connectivity index (χ3v) is 6.66. The summed E-state index contributed by atoms with van der Waals surface area (Å²) in [5.41, 5.74) is 0.764. The zero-order valence-electron chi connectivity index (χ0n) is 17.5. The molecule has 2 aromatic carbocycles. The molecule has 1 heterocycles. The van der Waals surface area contributed by atoms with E-state index in [1.807, 2.05) is 0 Å². The number of nitrogens with zero attached hydrogens (tertiary/aromatic N) is 1. The van der Waals surface area contributed by atoms with E-state index in [9.17, 15) is 18.0 Å². The maximum Gasteiger partial charge on any atom is 0.241 e. The summed E-state index contributed by atoms with van der Waals surface area (Å²) in [5.74, 6) is -0.861. The minimum absolute atomic E-state index is 0.0166. The topological polar surface area (TPSA) is 105 Å². The normalized spacial score (nSPS) is 16.0. The van der Waals surface area contributed by atoms with Crippen LogP contribution >= 0.6 is 11.6 Å². The van der Waals surface area contributed by atoms with Gasteiger partial charge in [-0.05, 0) is 42.7 Å². The molecular weight excluding hydrogens is 454 g/mol. The van der Waals surface area contributed by atoms with Gasteiger partial charge in [-0.1, -0.05) is 41.9 Å². The fourth-order valence-corrected chi connectivity index (χ4v) is 4.38. The van der Waals surface area contributed by atoms with E-state index in [1.54, 1.807) is 42.5 Å². The van der Waals surface area contributed by atoms with Crippen LogP contribution in [0.4, 0.5) is 0 Å².